The largest absolute Gasteiger partial charge is 0.481 e. The van der Waals surface area contributed by atoms with Crippen molar-refractivity contribution in [2.45, 2.75) is 0 Å². The zero-order chi connectivity index (χ0) is 13.4. The van der Waals surface area contributed by atoms with E-state index in [9.17, 15) is 0 Å². The van der Waals surface area contributed by atoms with E-state index in [0.29, 0.717) is 11.8 Å². The number of likely N-dealkylation sites (N-methyl/N-ethyl adjacent to an activating group) is 1. The minimum absolute atomic E-state index is 0.385. The molecule has 2 rings (SSSR count). The third-order valence-corrected chi connectivity index (χ3v) is 2.47. The van der Waals surface area contributed by atoms with Crippen LogP contribution >= 0.6 is 11.8 Å². The Bertz CT molecular complexity index is 305. The minimum atomic E-state index is 0.385. The lowest BCUT2D eigenvalue weighted by molar-refractivity contribution is 0.0503. The van der Waals surface area contributed by atoms with Crippen molar-refractivity contribution in [2.24, 2.45) is 5.10 Å². The summed E-state index contributed by atoms with van der Waals surface area (Å²) in [5.74, 6) is 0.863. The van der Waals surface area contributed by atoms with Crippen LogP contribution in [-0.4, -0.2) is 63.0 Å². The molecule has 1 fully saturated rings. The molecule has 0 aromatic heterocycles. The second-order valence-corrected chi connectivity index (χ2v) is 3.96. The van der Waals surface area contributed by atoms with Crippen LogP contribution in [0.4, 0.5) is 0 Å². The molecule has 2 aliphatic rings. The van der Waals surface area contributed by atoms with Crippen LogP contribution in [0.25, 0.3) is 0 Å². The number of halogens is 1. The first-order valence-electron chi connectivity index (χ1n) is 5.53. The van der Waals surface area contributed by atoms with Gasteiger partial charge in [0, 0.05) is 13.1 Å². The van der Waals surface area contributed by atoms with E-state index in [1.807, 2.05) is 0 Å². The predicted molar refractivity (Wildman–Crippen MR) is 68.7 cm³/mol. The molecule has 0 atom stereocenters. The number of morpholine rings is 1. The fourth-order valence-corrected chi connectivity index (χ4v) is 1.39. The average Bonchev–Trinajstić information content (AvgIpc) is 2.39. The van der Waals surface area contributed by atoms with Gasteiger partial charge in [0.2, 0.25) is 11.8 Å². The summed E-state index contributed by atoms with van der Waals surface area (Å²) in [6.07, 6.45) is 1.58. The Morgan fingerprint density at radius 1 is 1.33 bits per heavy atom. The van der Waals surface area contributed by atoms with Crippen LogP contribution in [-0.2, 0) is 14.2 Å². The van der Waals surface area contributed by atoms with Gasteiger partial charge in [-0.2, -0.15) is 0 Å². The van der Waals surface area contributed by atoms with Crippen LogP contribution in [0.3, 0.4) is 0 Å². The van der Waals surface area contributed by atoms with E-state index < -0.39 is 0 Å². The highest BCUT2D eigenvalue weighted by Crippen LogP contribution is 2.04. The maximum atomic E-state index is 5.50. The second-order valence-electron chi connectivity index (χ2n) is 3.64. The molecular weight excluding hydrogens is 260 g/mol. The van der Waals surface area contributed by atoms with Crippen molar-refractivity contribution in [3.8, 4) is 0 Å². The van der Waals surface area contributed by atoms with E-state index in [1.54, 1.807) is 6.08 Å². The Labute approximate surface area is 112 Å². The van der Waals surface area contributed by atoms with Crippen molar-refractivity contribution in [1.82, 2.24) is 15.0 Å². The molecule has 2 aliphatic heterocycles. The lowest BCUT2D eigenvalue weighted by Crippen LogP contribution is -2.32. The van der Waals surface area contributed by atoms with Gasteiger partial charge < -0.3 is 19.1 Å². The number of nitrogens with zero attached hydrogens (tertiary/aromatic N) is 3. The molecule has 1 saturated heterocycles. The molecule has 0 spiro atoms. The first-order chi connectivity index (χ1) is 8.65. The highest BCUT2D eigenvalue weighted by Gasteiger charge is 2.10. The maximum Gasteiger partial charge on any atom is 0.239 e. The van der Waals surface area contributed by atoms with Gasteiger partial charge in [0.05, 0.1) is 45.3 Å². The van der Waals surface area contributed by atoms with Crippen LogP contribution in [0, 0.1) is 0 Å². The minimum Gasteiger partial charge on any atom is -0.481 e. The van der Waals surface area contributed by atoms with Crippen molar-refractivity contribution in [3.63, 3.8) is 0 Å². The Balaban J connectivity index is 0.000000199. The molecule has 2 heterocycles. The highest BCUT2D eigenvalue weighted by atomic mass is 35.5. The molecule has 1 N–H and O–H groups in total. The lowest BCUT2D eigenvalue weighted by atomic mass is 10.5. The van der Waals surface area contributed by atoms with Crippen LogP contribution in [0.2, 0.25) is 0 Å². The Morgan fingerprint density at radius 3 is 2.44 bits per heavy atom. The number of ether oxygens (including phenoxy) is 3. The molecule has 18 heavy (non-hydrogen) atoms. The summed E-state index contributed by atoms with van der Waals surface area (Å²) in [5.41, 5.74) is 2.60. The summed E-state index contributed by atoms with van der Waals surface area (Å²) in [7, 11) is 5.13. The summed E-state index contributed by atoms with van der Waals surface area (Å²) in [4.78, 5) is 2.27. The van der Waals surface area contributed by atoms with Crippen LogP contribution in [0.1, 0.15) is 0 Å². The molecule has 0 aromatic carbocycles. The first-order valence-corrected chi connectivity index (χ1v) is 5.86. The third kappa shape index (κ3) is 5.44. The van der Waals surface area contributed by atoms with E-state index >= 15 is 0 Å². The molecule has 0 saturated carbocycles. The van der Waals surface area contributed by atoms with E-state index in [-0.39, 0.29) is 0 Å². The molecule has 104 valence electrons. The quantitative estimate of drug-likeness (QED) is 0.699. The Kier molecular flexibility index (Phi) is 6.63. The van der Waals surface area contributed by atoms with Gasteiger partial charge in [0.1, 0.15) is 0 Å². The number of methoxy groups -OCH3 is 2. The Hall–Kier alpha value is -1.18. The zero-order valence-electron chi connectivity index (χ0n) is 10.9. The number of hydrazine groups is 1. The van der Waals surface area contributed by atoms with Crippen molar-refractivity contribution in [3.05, 3.63) is 12.0 Å². The Morgan fingerprint density at radius 2 is 2.00 bits per heavy atom. The number of rotatable bonds is 1. The van der Waals surface area contributed by atoms with Crippen molar-refractivity contribution in [1.29, 1.82) is 0 Å². The number of hydrazone groups is 1. The van der Waals surface area contributed by atoms with Gasteiger partial charge in [0.25, 0.3) is 0 Å². The second kappa shape index (κ2) is 8.02. The van der Waals surface area contributed by atoms with Gasteiger partial charge in [-0.1, -0.05) is 0 Å². The maximum absolute atomic E-state index is 5.50. The predicted octanol–water partition coefficient (Wildman–Crippen LogP) is 0.357. The molecule has 0 amide bonds. The summed E-state index contributed by atoms with van der Waals surface area (Å²) in [6.45, 7) is 4.02. The first kappa shape index (κ1) is 14.9. The van der Waals surface area contributed by atoms with Crippen LogP contribution in [0.15, 0.2) is 17.1 Å². The van der Waals surface area contributed by atoms with Gasteiger partial charge >= 0.3 is 0 Å². The van der Waals surface area contributed by atoms with Crippen LogP contribution in [0.5, 0.6) is 0 Å². The van der Waals surface area contributed by atoms with Gasteiger partial charge in [-0.25, -0.2) is 5.43 Å². The van der Waals surface area contributed by atoms with Gasteiger partial charge in [0.15, 0.2) is 0 Å². The molecular formula is C10H19ClN4O3. The molecule has 0 radical (unpaired) electrons. The zero-order valence-corrected chi connectivity index (χ0v) is 11.6. The molecule has 0 aliphatic carbocycles. The summed E-state index contributed by atoms with van der Waals surface area (Å²) >= 11 is 5.50. The number of hydrogen-bond acceptors (Lipinski definition) is 7. The highest BCUT2D eigenvalue weighted by molar-refractivity contribution is 6.13. The fraction of sp³-hybridized carbons (Fsp3) is 0.700. The van der Waals surface area contributed by atoms with E-state index in [0.717, 1.165) is 30.9 Å². The molecule has 0 aromatic rings. The number of nitrogens with one attached hydrogen (secondary N) is 1. The van der Waals surface area contributed by atoms with Gasteiger partial charge in [-0.3, -0.25) is 0 Å². The fourth-order valence-electron chi connectivity index (χ4n) is 1.23. The standard InChI is InChI=1S/C5H8ClN3O2.C5H11NO/c1-10-4-3-5(11-2)8-9(6)7-4;1-6-2-4-7-5-3-6/h3,7H,1-2H3;2-5H2,1H3. The SMILES string of the molecule is CN1CCOCC1.COC1=CC(OC)=NN(Cl)N1. The summed E-state index contributed by atoms with van der Waals surface area (Å²) < 4.78 is 15.8. The van der Waals surface area contributed by atoms with Crippen molar-refractivity contribution in [2.75, 3.05) is 47.6 Å². The van der Waals surface area contributed by atoms with E-state index in [2.05, 4.69) is 22.5 Å². The van der Waals surface area contributed by atoms with Gasteiger partial charge in [-0.15, -0.1) is 9.74 Å². The number of hydrogen-bond donors (Lipinski definition) is 1. The monoisotopic (exact) mass is 278 g/mol. The van der Waals surface area contributed by atoms with Crippen LogP contribution < -0.4 is 5.43 Å². The van der Waals surface area contributed by atoms with E-state index in [4.69, 9.17) is 26.0 Å². The van der Waals surface area contributed by atoms with E-state index in [1.165, 1.54) is 14.2 Å². The molecule has 7 nitrogen and oxygen atoms in total. The van der Waals surface area contributed by atoms with Gasteiger partial charge in [-0.05, 0) is 7.05 Å². The molecule has 0 unspecified atom stereocenters. The summed E-state index contributed by atoms with van der Waals surface area (Å²) in [6, 6.07) is 0. The van der Waals surface area contributed by atoms with Crippen molar-refractivity contribution >= 4 is 17.7 Å². The van der Waals surface area contributed by atoms with Crippen molar-refractivity contribution < 1.29 is 14.2 Å². The third-order valence-electron chi connectivity index (χ3n) is 2.31. The topological polar surface area (TPSA) is 58.6 Å². The smallest absolute Gasteiger partial charge is 0.239 e. The molecule has 8 heteroatoms. The normalized spacial score (nSPS) is 19.9. The average molecular weight is 279 g/mol. The molecule has 0 bridgehead atoms. The lowest BCUT2D eigenvalue weighted by Gasteiger charge is -2.21. The summed E-state index contributed by atoms with van der Waals surface area (Å²) in [5, 5.41) is 3.72.